The summed E-state index contributed by atoms with van der Waals surface area (Å²) in [6.07, 6.45) is 2.36. The second-order valence-electron chi connectivity index (χ2n) is 6.52. The minimum Gasteiger partial charge on any atom is -0.349 e. The molecule has 0 bridgehead atoms. The largest absolute Gasteiger partial charge is 0.349 e. The van der Waals surface area contributed by atoms with Crippen LogP contribution in [0, 0.1) is 0 Å². The minimum absolute atomic E-state index is 0.0628. The number of hydrogen-bond donors (Lipinski definition) is 1. The Hall–Kier alpha value is -1.24. The number of halogens is 2. The van der Waals surface area contributed by atoms with E-state index in [1.807, 2.05) is 19.9 Å². The molecule has 3 rings (SSSR count). The summed E-state index contributed by atoms with van der Waals surface area (Å²) in [7, 11) is 0. The fourth-order valence-electron chi connectivity index (χ4n) is 2.80. The quantitative estimate of drug-likeness (QED) is 0.660. The van der Waals surface area contributed by atoms with Gasteiger partial charge in [-0.3, -0.25) is 4.79 Å². The second-order valence-corrected chi connectivity index (χ2v) is 8.67. The number of carbonyl (C=O) groups is 1. The van der Waals surface area contributed by atoms with Crippen molar-refractivity contribution in [2.45, 2.75) is 62.5 Å². The van der Waals surface area contributed by atoms with Gasteiger partial charge in [0, 0.05) is 22.5 Å². The predicted molar refractivity (Wildman–Crippen MR) is 106 cm³/mol. The fraction of sp³-hybridized carbons (Fsp3) is 0.500. The van der Waals surface area contributed by atoms with E-state index in [1.54, 1.807) is 12.1 Å². The first-order valence-electron chi connectivity index (χ1n) is 8.75. The van der Waals surface area contributed by atoms with Crippen molar-refractivity contribution in [3.05, 3.63) is 39.6 Å². The van der Waals surface area contributed by atoms with Crippen molar-refractivity contribution >= 4 is 40.9 Å². The smallest absolute Gasteiger partial charge is 0.233 e. The Kier molecular flexibility index (Phi) is 6.15. The molecular formula is C18H22Cl2N4OS. The van der Waals surface area contributed by atoms with Crippen LogP contribution in [0.25, 0.3) is 0 Å². The number of thioether (sulfide) groups is 1. The van der Waals surface area contributed by atoms with E-state index in [9.17, 15) is 4.79 Å². The van der Waals surface area contributed by atoms with E-state index in [4.69, 9.17) is 23.2 Å². The molecule has 1 heterocycles. The summed E-state index contributed by atoms with van der Waals surface area (Å²) in [5.41, 5.74) is 0.842. The van der Waals surface area contributed by atoms with Crippen LogP contribution in [-0.2, 0) is 11.3 Å². The van der Waals surface area contributed by atoms with Gasteiger partial charge in [0.25, 0.3) is 0 Å². The first-order chi connectivity index (χ1) is 12.4. The third kappa shape index (κ3) is 4.35. The van der Waals surface area contributed by atoms with Gasteiger partial charge in [-0.25, -0.2) is 0 Å². The fourth-order valence-corrected chi connectivity index (χ4v) is 4.30. The summed E-state index contributed by atoms with van der Waals surface area (Å²) in [5, 5.41) is 13.3. The van der Waals surface area contributed by atoms with Gasteiger partial charge < -0.3 is 9.88 Å². The molecule has 140 valence electrons. The van der Waals surface area contributed by atoms with Crippen molar-refractivity contribution in [3.8, 4) is 0 Å². The molecule has 1 aliphatic carbocycles. The molecule has 2 atom stereocenters. The molecule has 0 unspecified atom stereocenters. The van der Waals surface area contributed by atoms with Crippen LogP contribution in [-0.4, -0.2) is 25.9 Å². The Morgan fingerprint density at radius 2 is 2.08 bits per heavy atom. The van der Waals surface area contributed by atoms with Gasteiger partial charge in [-0.05, 0) is 51.3 Å². The standard InChI is InChI=1S/C18H22Cl2N4OS/c1-4-24-16(12-5-6-12)22-23-18(24)26-11(3)17(25)21-10(2)14-8-7-13(19)9-15(14)20/h7-12H,4-6H2,1-3H3,(H,21,25)/t10-,11-/m0/s1. The molecular weight excluding hydrogens is 391 g/mol. The Morgan fingerprint density at radius 1 is 1.35 bits per heavy atom. The summed E-state index contributed by atoms with van der Waals surface area (Å²) in [5.74, 6) is 1.52. The summed E-state index contributed by atoms with van der Waals surface area (Å²) < 4.78 is 2.12. The summed E-state index contributed by atoms with van der Waals surface area (Å²) in [4.78, 5) is 12.6. The zero-order valence-electron chi connectivity index (χ0n) is 15.0. The molecule has 26 heavy (non-hydrogen) atoms. The normalized spacial score (nSPS) is 16.3. The van der Waals surface area contributed by atoms with Crippen LogP contribution in [0.2, 0.25) is 10.0 Å². The van der Waals surface area contributed by atoms with Gasteiger partial charge in [0.15, 0.2) is 5.16 Å². The Morgan fingerprint density at radius 3 is 2.69 bits per heavy atom. The van der Waals surface area contributed by atoms with Gasteiger partial charge in [0.1, 0.15) is 5.82 Å². The van der Waals surface area contributed by atoms with E-state index in [0.29, 0.717) is 16.0 Å². The van der Waals surface area contributed by atoms with Crippen LogP contribution < -0.4 is 5.32 Å². The van der Waals surface area contributed by atoms with Crippen molar-refractivity contribution in [2.24, 2.45) is 0 Å². The Bertz CT molecular complexity index is 806. The number of amides is 1. The van der Waals surface area contributed by atoms with Crippen LogP contribution in [0.15, 0.2) is 23.4 Å². The minimum atomic E-state index is -0.287. The van der Waals surface area contributed by atoms with Gasteiger partial charge in [-0.15, -0.1) is 10.2 Å². The molecule has 1 aromatic carbocycles. The van der Waals surface area contributed by atoms with Crippen molar-refractivity contribution in [1.82, 2.24) is 20.1 Å². The SMILES string of the molecule is CCn1c(S[C@@H](C)C(=O)N[C@@H](C)c2ccc(Cl)cc2Cl)nnc1C1CC1. The maximum Gasteiger partial charge on any atom is 0.233 e. The van der Waals surface area contributed by atoms with Crippen LogP contribution in [0.5, 0.6) is 0 Å². The van der Waals surface area contributed by atoms with E-state index in [0.717, 1.165) is 23.1 Å². The molecule has 8 heteroatoms. The number of aromatic nitrogens is 3. The van der Waals surface area contributed by atoms with Crippen LogP contribution in [0.1, 0.15) is 57.0 Å². The van der Waals surface area contributed by atoms with Gasteiger partial charge >= 0.3 is 0 Å². The predicted octanol–water partition coefficient (Wildman–Crippen LogP) is 4.84. The lowest BCUT2D eigenvalue weighted by atomic mass is 10.1. The van der Waals surface area contributed by atoms with Gasteiger partial charge in [0.2, 0.25) is 5.91 Å². The number of nitrogens with zero attached hydrogens (tertiary/aromatic N) is 3. The molecule has 0 spiro atoms. The van der Waals surface area contributed by atoms with Crippen LogP contribution >= 0.6 is 35.0 Å². The highest BCUT2D eigenvalue weighted by Gasteiger charge is 2.31. The third-order valence-corrected chi connectivity index (χ3v) is 6.09. The van der Waals surface area contributed by atoms with E-state index in [-0.39, 0.29) is 17.2 Å². The first kappa shape index (κ1) is 19.5. The molecule has 1 saturated carbocycles. The van der Waals surface area contributed by atoms with Crippen molar-refractivity contribution < 1.29 is 4.79 Å². The van der Waals surface area contributed by atoms with Crippen molar-refractivity contribution in [1.29, 1.82) is 0 Å². The van der Waals surface area contributed by atoms with Crippen LogP contribution in [0.3, 0.4) is 0 Å². The van der Waals surface area contributed by atoms with Crippen LogP contribution in [0.4, 0.5) is 0 Å². The highest BCUT2D eigenvalue weighted by atomic mass is 35.5. The lowest BCUT2D eigenvalue weighted by molar-refractivity contribution is -0.120. The Balaban J connectivity index is 1.64. The zero-order valence-corrected chi connectivity index (χ0v) is 17.3. The molecule has 1 aliphatic rings. The van der Waals surface area contributed by atoms with E-state index in [2.05, 4.69) is 27.0 Å². The second kappa shape index (κ2) is 8.19. The molecule has 5 nitrogen and oxygen atoms in total. The van der Waals surface area contributed by atoms with Crippen molar-refractivity contribution in [2.75, 3.05) is 0 Å². The molecule has 1 N–H and O–H groups in total. The van der Waals surface area contributed by atoms with E-state index >= 15 is 0 Å². The topological polar surface area (TPSA) is 59.8 Å². The number of rotatable bonds is 7. The highest BCUT2D eigenvalue weighted by molar-refractivity contribution is 8.00. The number of nitrogens with one attached hydrogen (secondary N) is 1. The van der Waals surface area contributed by atoms with Gasteiger partial charge in [-0.1, -0.05) is 41.0 Å². The lowest BCUT2D eigenvalue weighted by Crippen LogP contribution is -2.33. The lowest BCUT2D eigenvalue weighted by Gasteiger charge is -2.19. The molecule has 1 aromatic heterocycles. The monoisotopic (exact) mass is 412 g/mol. The average molecular weight is 413 g/mol. The van der Waals surface area contributed by atoms with Gasteiger partial charge in [0.05, 0.1) is 11.3 Å². The molecule has 0 aliphatic heterocycles. The summed E-state index contributed by atoms with van der Waals surface area (Å²) >= 11 is 13.6. The number of hydrogen-bond acceptors (Lipinski definition) is 4. The molecule has 2 aromatic rings. The molecule has 0 saturated heterocycles. The summed E-state index contributed by atoms with van der Waals surface area (Å²) in [6.45, 7) is 6.67. The number of carbonyl (C=O) groups excluding carboxylic acids is 1. The average Bonchev–Trinajstić information content (AvgIpc) is 3.35. The maximum atomic E-state index is 12.6. The van der Waals surface area contributed by atoms with Crippen molar-refractivity contribution in [3.63, 3.8) is 0 Å². The third-order valence-electron chi connectivity index (χ3n) is 4.44. The van der Waals surface area contributed by atoms with E-state index < -0.39 is 0 Å². The number of benzene rings is 1. The molecule has 1 amide bonds. The first-order valence-corrected chi connectivity index (χ1v) is 10.4. The van der Waals surface area contributed by atoms with Gasteiger partial charge in [-0.2, -0.15) is 0 Å². The Labute approximate surface area is 167 Å². The molecule has 0 radical (unpaired) electrons. The molecule has 1 fully saturated rings. The van der Waals surface area contributed by atoms with E-state index in [1.165, 1.54) is 24.6 Å². The summed E-state index contributed by atoms with van der Waals surface area (Å²) in [6, 6.07) is 5.08. The maximum absolute atomic E-state index is 12.6. The highest BCUT2D eigenvalue weighted by Crippen LogP contribution is 2.40. The zero-order chi connectivity index (χ0) is 18.8.